The largest absolute Gasteiger partial charge is 0.508 e. The van der Waals surface area contributed by atoms with Crippen molar-refractivity contribution in [2.24, 2.45) is 0 Å². The summed E-state index contributed by atoms with van der Waals surface area (Å²) in [5.41, 5.74) is 0.936. The van der Waals surface area contributed by atoms with E-state index < -0.39 is 5.54 Å². The van der Waals surface area contributed by atoms with E-state index in [-0.39, 0.29) is 18.2 Å². The number of phenolic OH excluding ortho intramolecular Hbond substituents is 1. The fraction of sp³-hybridized carbons (Fsp3) is 0.250. The van der Waals surface area contributed by atoms with Crippen LogP contribution in [0.1, 0.15) is 18.9 Å². The molecule has 0 saturated carbocycles. The summed E-state index contributed by atoms with van der Waals surface area (Å²) in [5.74, 6) is -0.121. The Hall–Kier alpha value is -2.07. The molecule has 20 heavy (non-hydrogen) atoms. The van der Waals surface area contributed by atoms with Gasteiger partial charge in [-0.25, -0.2) is 4.39 Å². The fourth-order valence-electron chi connectivity index (χ4n) is 2.20. The lowest BCUT2D eigenvalue weighted by atomic mass is 9.87. The Kier molecular flexibility index (Phi) is 4.25. The molecule has 0 radical (unpaired) electrons. The van der Waals surface area contributed by atoms with Gasteiger partial charge in [0.2, 0.25) is 0 Å². The minimum Gasteiger partial charge on any atom is -0.508 e. The molecule has 3 N–H and O–H groups in total. The quantitative estimate of drug-likeness (QED) is 0.785. The van der Waals surface area contributed by atoms with Crippen molar-refractivity contribution in [1.82, 2.24) is 0 Å². The third kappa shape index (κ3) is 2.91. The van der Waals surface area contributed by atoms with Crippen LogP contribution in [0.15, 0.2) is 48.5 Å². The van der Waals surface area contributed by atoms with Crippen molar-refractivity contribution in [2.45, 2.75) is 18.9 Å². The van der Waals surface area contributed by atoms with E-state index >= 15 is 0 Å². The van der Waals surface area contributed by atoms with Gasteiger partial charge in [-0.1, -0.05) is 19.1 Å². The van der Waals surface area contributed by atoms with E-state index in [0.717, 1.165) is 11.3 Å². The molecule has 2 aromatic rings. The summed E-state index contributed by atoms with van der Waals surface area (Å²) >= 11 is 0. The molecule has 3 nitrogen and oxygen atoms in total. The third-order valence-corrected chi connectivity index (χ3v) is 3.52. The molecule has 0 saturated heterocycles. The Morgan fingerprint density at radius 1 is 1.05 bits per heavy atom. The molecule has 0 aliphatic carbocycles. The van der Waals surface area contributed by atoms with E-state index in [9.17, 15) is 14.6 Å². The van der Waals surface area contributed by atoms with Crippen LogP contribution >= 0.6 is 0 Å². The van der Waals surface area contributed by atoms with Gasteiger partial charge in [-0.2, -0.15) is 0 Å². The standard InChI is InChI=1S/C16H18FNO2/c1-2-16(11-19,12-3-9-15(20)10-4-12)18-14-7-5-13(17)6-8-14/h3-10,18-20H,2,11H2,1H3. The van der Waals surface area contributed by atoms with Crippen LogP contribution in [0.3, 0.4) is 0 Å². The van der Waals surface area contributed by atoms with Crippen molar-refractivity contribution >= 4 is 5.69 Å². The van der Waals surface area contributed by atoms with E-state index in [1.54, 1.807) is 36.4 Å². The van der Waals surface area contributed by atoms with Gasteiger partial charge >= 0.3 is 0 Å². The summed E-state index contributed by atoms with van der Waals surface area (Å²) in [5, 5.41) is 22.4. The molecule has 4 heteroatoms. The lowest BCUT2D eigenvalue weighted by Crippen LogP contribution is -2.38. The number of phenols is 1. The van der Waals surface area contributed by atoms with Gasteiger partial charge in [0.15, 0.2) is 0 Å². The number of halogens is 1. The highest BCUT2D eigenvalue weighted by Crippen LogP contribution is 2.30. The van der Waals surface area contributed by atoms with Crippen LogP contribution < -0.4 is 5.32 Å². The highest BCUT2D eigenvalue weighted by atomic mass is 19.1. The van der Waals surface area contributed by atoms with Gasteiger partial charge in [0, 0.05) is 5.69 Å². The van der Waals surface area contributed by atoms with E-state index in [4.69, 9.17) is 0 Å². The minimum absolute atomic E-state index is 0.106. The number of aliphatic hydroxyl groups excluding tert-OH is 1. The number of aromatic hydroxyl groups is 1. The molecule has 0 heterocycles. The summed E-state index contributed by atoms with van der Waals surface area (Å²) < 4.78 is 12.9. The molecule has 0 aliphatic heterocycles. The van der Waals surface area contributed by atoms with Crippen LogP contribution in [0, 0.1) is 5.82 Å². The van der Waals surface area contributed by atoms with Gasteiger partial charge in [-0.15, -0.1) is 0 Å². The van der Waals surface area contributed by atoms with Gasteiger partial charge < -0.3 is 15.5 Å². The average Bonchev–Trinajstić information content (AvgIpc) is 2.48. The lowest BCUT2D eigenvalue weighted by Gasteiger charge is -2.33. The Bertz CT molecular complexity index is 548. The van der Waals surface area contributed by atoms with Gasteiger partial charge in [0.25, 0.3) is 0 Å². The predicted molar refractivity (Wildman–Crippen MR) is 77.2 cm³/mol. The predicted octanol–water partition coefficient (Wildman–Crippen LogP) is 3.24. The van der Waals surface area contributed by atoms with Gasteiger partial charge in [0.05, 0.1) is 12.1 Å². The second-order valence-corrected chi connectivity index (χ2v) is 4.77. The second-order valence-electron chi connectivity index (χ2n) is 4.77. The normalized spacial score (nSPS) is 13.8. The smallest absolute Gasteiger partial charge is 0.123 e. The van der Waals surface area contributed by atoms with Crippen molar-refractivity contribution < 1.29 is 14.6 Å². The molecule has 0 bridgehead atoms. The molecule has 0 aromatic heterocycles. The van der Waals surface area contributed by atoms with Crippen molar-refractivity contribution in [1.29, 1.82) is 0 Å². The second kappa shape index (κ2) is 5.92. The van der Waals surface area contributed by atoms with Crippen molar-refractivity contribution in [3.8, 4) is 5.75 Å². The SMILES string of the molecule is CCC(CO)(Nc1ccc(F)cc1)c1ccc(O)cc1. The molecule has 0 fully saturated rings. The Morgan fingerprint density at radius 2 is 1.65 bits per heavy atom. The van der Waals surface area contributed by atoms with E-state index in [1.165, 1.54) is 12.1 Å². The molecule has 2 rings (SSSR count). The summed E-state index contributed by atoms with van der Waals surface area (Å²) in [6.45, 7) is 1.85. The monoisotopic (exact) mass is 275 g/mol. The molecule has 0 aliphatic rings. The molecule has 2 aromatic carbocycles. The van der Waals surface area contributed by atoms with Gasteiger partial charge in [0.1, 0.15) is 11.6 Å². The third-order valence-electron chi connectivity index (χ3n) is 3.52. The summed E-state index contributed by atoms with van der Waals surface area (Å²) in [6.07, 6.45) is 0.644. The topological polar surface area (TPSA) is 52.5 Å². The van der Waals surface area contributed by atoms with E-state index in [1.807, 2.05) is 6.92 Å². The maximum Gasteiger partial charge on any atom is 0.123 e. The van der Waals surface area contributed by atoms with Crippen LogP contribution in [0.2, 0.25) is 0 Å². The summed E-state index contributed by atoms with van der Waals surface area (Å²) in [6, 6.07) is 12.7. The molecule has 0 amide bonds. The number of aliphatic hydroxyl groups is 1. The number of nitrogens with one attached hydrogen (secondary N) is 1. The van der Waals surface area contributed by atoms with Crippen LogP contribution in [0.5, 0.6) is 5.75 Å². The summed E-state index contributed by atoms with van der Waals surface area (Å²) in [7, 11) is 0. The Balaban J connectivity index is 2.33. The Morgan fingerprint density at radius 3 is 2.15 bits per heavy atom. The maximum absolute atomic E-state index is 12.9. The van der Waals surface area contributed by atoms with E-state index in [2.05, 4.69) is 5.32 Å². The highest BCUT2D eigenvalue weighted by molar-refractivity contribution is 5.48. The molecule has 1 unspecified atom stereocenters. The molecule has 106 valence electrons. The molecule has 0 spiro atoms. The van der Waals surface area contributed by atoms with Gasteiger partial charge in [-0.05, 0) is 48.4 Å². The minimum atomic E-state index is -0.661. The number of anilines is 1. The zero-order chi connectivity index (χ0) is 14.6. The van der Waals surface area contributed by atoms with Crippen LogP contribution in [0.25, 0.3) is 0 Å². The fourth-order valence-corrected chi connectivity index (χ4v) is 2.20. The molecular formula is C16H18FNO2. The average molecular weight is 275 g/mol. The molecule has 1 atom stereocenters. The first-order chi connectivity index (χ1) is 9.59. The number of hydrogen-bond acceptors (Lipinski definition) is 3. The number of rotatable bonds is 5. The lowest BCUT2D eigenvalue weighted by molar-refractivity contribution is 0.207. The first-order valence-electron chi connectivity index (χ1n) is 6.54. The molecular weight excluding hydrogens is 257 g/mol. The van der Waals surface area contributed by atoms with E-state index in [0.29, 0.717) is 6.42 Å². The zero-order valence-electron chi connectivity index (χ0n) is 11.3. The van der Waals surface area contributed by atoms with Crippen LogP contribution in [-0.4, -0.2) is 16.8 Å². The first kappa shape index (κ1) is 14.3. The number of benzene rings is 2. The number of hydrogen-bond donors (Lipinski definition) is 3. The van der Waals surface area contributed by atoms with Crippen molar-refractivity contribution in [3.63, 3.8) is 0 Å². The van der Waals surface area contributed by atoms with Crippen LogP contribution in [-0.2, 0) is 5.54 Å². The maximum atomic E-state index is 12.9. The van der Waals surface area contributed by atoms with Crippen molar-refractivity contribution in [3.05, 3.63) is 59.9 Å². The summed E-state index contributed by atoms with van der Waals surface area (Å²) in [4.78, 5) is 0. The Labute approximate surface area is 117 Å². The van der Waals surface area contributed by atoms with Gasteiger partial charge in [-0.3, -0.25) is 0 Å². The van der Waals surface area contributed by atoms with Crippen LogP contribution in [0.4, 0.5) is 10.1 Å². The highest BCUT2D eigenvalue weighted by Gasteiger charge is 2.29. The van der Waals surface area contributed by atoms with Crippen molar-refractivity contribution in [2.75, 3.05) is 11.9 Å². The first-order valence-corrected chi connectivity index (χ1v) is 6.54. The zero-order valence-corrected chi connectivity index (χ0v) is 11.3.